The highest BCUT2D eigenvalue weighted by molar-refractivity contribution is 6.01. The zero-order valence-electron chi connectivity index (χ0n) is 13.5. The number of halogens is 3. The number of benzene rings is 2. The van der Waals surface area contributed by atoms with Crippen LogP contribution in [0.25, 0.3) is 33.4 Å². The zero-order valence-corrected chi connectivity index (χ0v) is 13.5. The monoisotopic (exact) mass is 372 g/mol. The van der Waals surface area contributed by atoms with Crippen molar-refractivity contribution in [2.75, 3.05) is 0 Å². The smallest absolute Gasteiger partial charge is 0.366 e. The number of H-pyrrole nitrogens is 1. The molecule has 0 radical (unpaired) electrons. The van der Waals surface area contributed by atoms with Gasteiger partial charge in [0.05, 0.1) is 0 Å². The summed E-state index contributed by atoms with van der Waals surface area (Å²) in [6.45, 7) is 0. The van der Waals surface area contributed by atoms with Crippen molar-refractivity contribution < 1.29 is 22.5 Å². The Labute approximate surface area is 149 Å². The van der Waals surface area contributed by atoms with E-state index in [4.69, 9.17) is 5.73 Å². The average Bonchev–Trinajstić information content (AvgIpc) is 3.29. The molecule has 3 N–H and O–H groups in total. The van der Waals surface area contributed by atoms with Gasteiger partial charge in [0.25, 0.3) is 0 Å². The molecule has 0 unspecified atom stereocenters. The molecule has 0 spiro atoms. The third kappa shape index (κ3) is 3.03. The molecule has 0 bridgehead atoms. The van der Waals surface area contributed by atoms with E-state index in [0.717, 1.165) is 10.9 Å². The Bertz CT molecular complexity index is 1160. The highest BCUT2D eigenvalue weighted by Gasteiger charge is 2.38. The lowest BCUT2D eigenvalue weighted by Gasteiger charge is -2.09. The van der Waals surface area contributed by atoms with Gasteiger partial charge in [-0.2, -0.15) is 18.2 Å². The Balaban J connectivity index is 1.85. The van der Waals surface area contributed by atoms with Gasteiger partial charge in [-0.05, 0) is 46.8 Å². The molecule has 0 fully saturated rings. The normalized spacial score (nSPS) is 11.8. The number of hydrogen-bond donors (Lipinski definition) is 2. The summed E-state index contributed by atoms with van der Waals surface area (Å²) < 4.78 is 42.3. The van der Waals surface area contributed by atoms with E-state index in [1.165, 1.54) is 18.2 Å². The van der Waals surface area contributed by atoms with Crippen LogP contribution >= 0.6 is 0 Å². The Morgan fingerprint density at radius 2 is 1.85 bits per heavy atom. The van der Waals surface area contributed by atoms with E-state index in [1.807, 2.05) is 18.2 Å². The van der Waals surface area contributed by atoms with E-state index in [-0.39, 0.29) is 17.0 Å². The second-order valence-corrected chi connectivity index (χ2v) is 5.83. The zero-order chi connectivity index (χ0) is 19.2. The van der Waals surface area contributed by atoms with Crippen molar-refractivity contribution >= 4 is 16.8 Å². The summed E-state index contributed by atoms with van der Waals surface area (Å²) in [5.74, 6) is -2.33. The first-order valence-corrected chi connectivity index (χ1v) is 7.75. The molecule has 4 rings (SSSR count). The van der Waals surface area contributed by atoms with Gasteiger partial charge in [0.15, 0.2) is 0 Å². The van der Waals surface area contributed by atoms with Gasteiger partial charge >= 0.3 is 12.1 Å². The van der Waals surface area contributed by atoms with E-state index >= 15 is 0 Å². The van der Waals surface area contributed by atoms with Crippen molar-refractivity contribution in [1.29, 1.82) is 0 Å². The van der Waals surface area contributed by atoms with Gasteiger partial charge in [0.2, 0.25) is 11.7 Å². The Kier molecular flexibility index (Phi) is 3.72. The number of nitrogens with one attached hydrogen (secondary N) is 1. The number of alkyl halides is 3. The van der Waals surface area contributed by atoms with Crippen molar-refractivity contribution in [3.8, 4) is 22.5 Å². The number of hydrogen-bond acceptors (Lipinski definition) is 4. The molecule has 27 heavy (non-hydrogen) atoms. The summed E-state index contributed by atoms with van der Waals surface area (Å²) in [4.78, 5) is 18.2. The summed E-state index contributed by atoms with van der Waals surface area (Å²) in [5.41, 5.74) is 7.99. The SMILES string of the molecule is NC(=O)c1ccc(-c2noc(C(F)(F)F)n2)cc1-c1ccc2[nH]ccc2c1. The van der Waals surface area contributed by atoms with Gasteiger partial charge < -0.3 is 15.2 Å². The lowest BCUT2D eigenvalue weighted by atomic mass is 9.96. The van der Waals surface area contributed by atoms with Crippen molar-refractivity contribution in [1.82, 2.24) is 15.1 Å². The van der Waals surface area contributed by atoms with Crippen LogP contribution in [-0.4, -0.2) is 21.0 Å². The van der Waals surface area contributed by atoms with Crippen molar-refractivity contribution in [3.63, 3.8) is 0 Å². The van der Waals surface area contributed by atoms with E-state index in [2.05, 4.69) is 19.6 Å². The molecular formula is C18H11F3N4O2. The maximum absolute atomic E-state index is 12.7. The standard InChI is InChI=1S/C18H11F3N4O2/c19-18(20,21)17-24-16(25-27-17)11-1-3-12(15(22)26)13(8-11)9-2-4-14-10(7-9)5-6-23-14/h1-8,23H,(H2,22,26). The van der Waals surface area contributed by atoms with Crippen LogP contribution in [-0.2, 0) is 6.18 Å². The predicted octanol–water partition coefficient (Wildman–Crippen LogP) is 4.00. The number of aromatic amines is 1. The van der Waals surface area contributed by atoms with Crippen molar-refractivity contribution in [3.05, 3.63) is 60.1 Å². The van der Waals surface area contributed by atoms with E-state index in [1.54, 1.807) is 12.3 Å². The summed E-state index contributed by atoms with van der Waals surface area (Å²) >= 11 is 0. The fourth-order valence-electron chi connectivity index (χ4n) is 2.81. The Hall–Kier alpha value is -3.62. The number of fused-ring (bicyclic) bond motifs is 1. The van der Waals surface area contributed by atoms with E-state index in [9.17, 15) is 18.0 Å². The molecule has 2 aromatic carbocycles. The minimum Gasteiger partial charge on any atom is -0.366 e. The number of carbonyl (C=O) groups excluding carboxylic acids is 1. The van der Waals surface area contributed by atoms with Gasteiger partial charge in [-0.15, -0.1) is 0 Å². The van der Waals surface area contributed by atoms with Gasteiger partial charge in [0, 0.05) is 22.8 Å². The minimum absolute atomic E-state index is 0.230. The molecule has 9 heteroatoms. The van der Waals surface area contributed by atoms with Crippen molar-refractivity contribution in [2.45, 2.75) is 6.18 Å². The average molecular weight is 372 g/mol. The van der Waals surface area contributed by atoms with Crippen LogP contribution in [0.4, 0.5) is 13.2 Å². The third-order valence-electron chi connectivity index (χ3n) is 4.08. The summed E-state index contributed by atoms with van der Waals surface area (Å²) in [6, 6.07) is 11.7. The molecule has 0 saturated carbocycles. The van der Waals surface area contributed by atoms with Crippen LogP contribution in [0.3, 0.4) is 0 Å². The molecule has 0 atom stereocenters. The second kappa shape index (κ2) is 5.97. The first-order valence-electron chi connectivity index (χ1n) is 7.75. The van der Waals surface area contributed by atoms with Crippen LogP contribution < -0.4 is 5.73 Å². The van der Waals surface area contributed by atoms with E-state index in [0.29, 0.717) is 11.1 Å². The molecule has 4 aromatic rings. The molecule has 0 aliphatic carbocycles. The number of nitrogens with two attached hydrogens (primary N) is 1. The molecular weight excluding hydrogens is 361 g/mol. The lowest BCUT2D eigenvalue weighted by molar-refractivity contribution is -0.159. The first-order chi connectivity index (χ1) is 12.8. The molecule has 0 aliphatic heterocycles. The molecule has 0 saturated heterocycles. The van der Waals surface area contributed by atoms with Gasteiger partial charge in [-0.3, -0.25) is 4.79 Å². The topological polar surface area (TPSA) is 97.8 Å². The Morgan fingerprint density at radius 1 is 1.07 bits per heavy atom. The number of rotatable bonds is 3. The molecule has 2 aromatic heterocycles. The number of primary amides is 1. The number of carbonyl (C=O) groups is 1. The molecule has 0 aliphatic rings. The third-order valence-corrected chi connectivity index (χ3v) is 4.08. The maximum atomic E-state index is 12.7. The van der Waals surface area contributed by atoms with Crippen LogP contribution in [0.2, 0.25) is 0 Å². The molecule has 2 heterocycles. The predicted molar refractivity (Wildman–Crippen MR) is 90.5 cm³/mol. The Morgan fingerprint density at radius 3 is 2.56 bits per heavy atom. The van der Waals surface area contributed by atoms with Crippen LogP contribution in [0.15, 0.2) is 53.2 Å². The van der Waals surface area contributed by atoms with Crippen LogP contribution in [0.5, 0.6) is 0 Å². The second-order valence-electron chi connectivity index (χ2n) is 5.83. The highest BCUT2D eigenvalue weighted by atomic mass is 19.4. The van der Waals surface area contributed by atoms with Crippen LogP contribution in [0.1, 0.15) is 16.2 Å². The maximum Gasteiger partial charge on any atom is 0.471 e. The highest BCUT2D eigenvalue weighted by Crippen LogP contribution is 2.33. The first kappa shape index (κ1) is 16.8. The number of amides is 1. The fourth-order valence-corrected chi connectivity index (χ4v) is 2.81. The summed E-state index contributed by atoms with van der Waals surface area (Å²) in [6.07, 6.45) is -2.96. The molecule has 6 nitrogen and oxygen atoms in total. The lowest BCUT2D eigenvalue weighted by Crippen LogP contribution is -2.12. The van der Waals surface area contributed by atoms with E-state index < -0.39 is 18.0 Å². The van der Waals surface area contributed by atoms with Gasteiger partial charge in [-0.1, -0.05) is 17.3 Å². The van der Waals surface area contributed by atoms with Gasteiger partial charge in [-0.25, -0.2) is 0 Å². The minimum atomic E-state index is -4.74. The number of aromatic nitrogens is 3. The fraction of sp³-hybridized carbons (Fsp3) is 0.0556. The molecule has 136 valence electrons. The largest absolute Gasteiger partial charge is 0.471 e. The van der Waals surface area contributed by atoms with Crippen molar-refractivity contribution in [2.24, 2.45) is 5.73 Å². The summed E-state index contributed by atoms with van der Waals surface area (Å²) in [5, 5.41) is 4.29. The van der Waals surface area contributed by atoms with Crippen LogP contribution in [0, 0.1) is 0 Å². The summed E-state index contributed by atoms with van der Waals surface area (Å²) in [7, 11) is 0. The van der Waals surface area contributed by atoms with Gasteiger partial charge in [0.1, 0.15) is 0 Å². The molecule has 1 amide bonds. The number of nitrogens with zero attached hydrogens (tertiary/aromatic N) is 2. The quantitative estimate of drug-likeness (QED) is 0.568.